The van der Waals surface area contributed by atoms with Gasteiger partial charge < -0.3 is 0 Å². The third kappa shape index (κ3) is 3.50. The number of hydrogen-bond acceptors (Lipinski definition) is 2. The Balaban J connectivity index is 1.18. The first-order chi connectivity index (χ1) is 25.8. The van der Waals surface area contributed by atoms with Crippen molar-refractivity contribution in [1.82, 2.24) is 4.98 Å². The number of thiophene rings is 1. The van der Waals surface area contributed by atoms with Crippen molar-refractivity contribution in [2.45, 2.75) is 5.41 Å². The van der Waals surface area contributed by atoms with Crippen LogP contribution in [0.3, 0.4) is 0 Å². The number of pyridine rings is 1. The zero-order valence-electron chi connectivity index (χ0n) is 28.1. The van der Waals surface area contributed by atoms with Gasteiger partial charge in [-0.2, -0.15) is 0 Å². The first-order valence-corrected chi connectivity index (χ1v) is 18.8. The van der Waals surface area contributed by atoms with Gasteiger partial charge in [0.25, 0.3) is 0 Å². The van der Waals surface area contributed by atoms with E-state index in [0.717, 1.165) is 16.8 Å². The van der Waals surface area contributed by atoms with Gasteiger partial charge in [0.15, 0.2) is 0 Å². The molecule has 12 rings (SSSR count). The van der Waals surface area contributed by atoms with E-state index in [1.54, 1.807) is 0 Å². The van der Waals surface area contributed by atoms with Gasteiger partial charge in [-0.15, -0.1) is 11.3 Å². The maximum absolute atomic E-state index is 5.23. The predicted molar refractivity (Wildman–Crippen MR) is 219 cm³/mol. The average molecular weight is 676 g/mol. The Hall–Kier alpha value is -6.35. The van der Waals surface area contributed by atoms with E-state index in [1.165, 1.54) is 92.0 Å². The van der Waals surface area contributed by atoms with Gasteiger partial charge in [-0.25, -0.2) is 4.98 Å². The Kier molecular flexibility index (Phi) is 5.65. The van der Waals surface area contributed by atoms with E-state index in [4.69, 9.17) is 4.98 Å². The maximum atomic E-state index is 5.23. The van der Waals surface area contributed by atoms with E-state index in [1.807, 2.05) is 11.3 Å². The molecule has 0 amide bonds. The van der Waals surface area contributed by atoms with E-state index in [0.29, 0.717) is 0 Å². The normalized spacial score (nSPS) is 13.5. The number of aromatic nitrogens is 1. The van der Waals surface area contributed by atoms with Crippen LogP contribution in [-0.2, 0) is 5.41 Å². The molecule has 52 heavy (non-hydrogen) atoms. The summed E-state index contributed by atoms with van der Waals surface area (Å²) < 4.78 is 2.64. The van der Waals surface area contributed by atoms with Crippen LogP contribution in [0.1, 0.15) is 22.3 Å². The van der Waals surface area contributed by atoms with Crippen molar-refractivity contribution in [2.75, 3.05) is 0 Å². The number of para-hydroxylation sites is 1. The lowest BCUT2D eigenvalue weighted by molar-refractivity contribution is 0.794. The summed E-state index contributed by atoms with van der Waals surface area (Å²) in [6, 6.07) is 65.1. The lowest BCUT2D eigenvalue weighted by Crippen LogP contribution is -2.25. The first-order valence-electron chi connectivity index (χ1n) is 18.0. The molecule has 2 heteroatoms. The van der Waals surface area contributed by atoms with Crippen molar-refractivity contribution in [3.63, 3.8) is 0 Å². The van der Waals surface area contributed by atoms with Gasteiger partial charge in [-0.05, 0) is 56.1 Å². The van der Waals surface area contributed by atoms with Crippen molar-refractivity contribution in [3.8, 4) is 44.6 Å². The van der Waals surface area contributed by atoms with Crippen LogP contribution in [-0.4, -0.2) is 4.98 Å². The standard InChI is InChI=1S/C50H29NS/c1-2-14-30(15-3-1)47-39-29-28-36-35-22-12-21-34(48(35)52-49(36)46(39)38-19-7-11-27-44(38)51-47)33-20-13-26-43-45(33)37-18-6-10-25-42(37)50(43)40-23-8-4-16-31(40)32-17-5-9-24-41(32)50/h1-29H. The summed E-state index contributed by atoms with van der Waals surface area (Å²) >= 11 is 1.93. The molecule has 0 atom stereocenters. The molecule has 240 valence electrons. The van der Waals surface area contributed by atoms with Crippen molar-refractivity contribution in [3.05, 3.63) is 198 Å². The molecule has 0 bridgehead atoms. The van der Waals surface area contributed by atoms with Crippen molar-refractivity contribution in [2.24, 2.45) is 0 Å². The Morgan fingerprint density at radius 1 is 0.365 bits per heavy atom. The van der Waals surface area contributed by atoms with Crippen molar-refractivity contribution >= 4 is 53.2 Å². The summed E-state index contributed by atoms with van der Waals surface area (Å²) in [6.45, 7) is 0. The number of benzene rings is 8. The summed E-state index contributed by atoms with van der Waals surface area (Å²) in [7, 11) is 0. The van der Waals surface area contributed by atoms with E-state index in [-0.39, 0.29) is 5.41 Å². The fourth-order valence-corrected chi connectivity index (χ4v) is 11.1. The van der Waals surface area contributed by atoms with Gasteiger partial charge in [-0.1, -0.05) is 170 Å². The average Bonchev–Trinajstić information content (AvgIpc) is 3.85. The van der Waals surface area contributed by atoms with Gasteiger partial charge in [0, 0.05) is 47.5 Å². The lowest BCUT2D eigenvalue weighted by Gasteiger charge is -2.30. The second-order valence-corrected chi connectivity index (χ2v) is 15.1. The summed E-state index contributed by atoms with van der Waals surface area (Å²) in [5.41, 5.74) is 16.3. The van der Waals surface area contributed by atoms with Crippen LogP contribution < -0.4 is 0 Å². The van der Waals surface area contributed by atoms with E-state index < -0.39 is 0 Å². The Morgan fingerprint density at radius 2 is 0.904 bits per heavy atom. The highest BCUT2D eigenvalue weighted by Crippen LogP contribution is 2.64. The molecule has 0 saturated carbocycles. The van der Waals surface area contributed by atoms with Crippen LogP contribution >= 0.6 is 11.3 Å². The third-order valence-corrected chi connectivity index (χ3v) is 13.0. The minimum Gasteiger partial charge on any atom is -0.247 e. The van der Waals surface area contributed by atoms with Crippen LogP contribution in [0.25, 0.3) is 86.5 Å². The van der Waals surface area contributed by atoms with Crippen LogP contribution in [0, 0.1) is 0 Å². The molecule has 2 heterocycles. The monoisotopic (exact) mass is 675 g/mol. The number of fused-ring (bicyclic) bond motifs is 17. The molecular formula is C50H29NS. The van der Waals surface area contributed by atoms with Crippen LogP contribution in [0.15, 0.2) is 176 Å². The van der Waals surface area contributed by atoms with Crippen LogP contribution in [0.2, 0.25) is 0 Å². The molecule has 2 aliphatic rings. The quantitative estimate of drug-likeness (QED) is 0.166. The molecule has 8 aromatic carbocycles. The molecule has 0 radical (unpaired) electrons. The molecular weight excluding hydrogens is 647 g/mol. The van der Waals surface area contributed by atoms with Crippen molar-refractivity contribution < 1.29 is 0 Å². The maximum Gasteiger partial charge on any atom is 0.0788 e. The van der Waals surface area contributed by atoms with Gasteiger partial charge in [0.05, 0.1) is 16.6 Å². The Morgan fingerprint density at radius 3 is 1.69 bits per heavy atom. The molecule has 10 aromatic rings. The SMILES string of the molecule is c1ccc(-c2nc3ccccc3c3c2ccc2c4cccc(-c5cccc6c5-c5ccccc5C65c6ccccc6-c6ccccc65)c4sc23)cc1. The van der Waals surface area contributed by atoms with Crippen LogP contribution in [0.5, 0.6) is 0 Å². The molecule has 2 aliphatic carbocycles. The Labute approximate surface area is 305 Å². The van der Waals surface area contributed by atoms with E-state index >= 15 is 0 Å². The highest BCUT2D eigenvalue weighted by Gasteiger charge is 2.52. The zero-order valence-corrected chi connectivity index (χ0v) is 28.9. The van der Waals surface area contributed by atoms with E-state index in [9.17, 15) is 0 Å². The van der Waals surface area contributed by atoms with Gasteiger partial charge >= 0.3 is 0 Å². The molecule has 0 fully saturated rings. The van der Waals surface area contributed by atoms with Crippen molar-refractivity contribution in [1.29, 1.82) is 0 Å². The Bertz CT molecular complexity index is 3090. The topological polar surface area (TPSA) is 12.9 Å². The molecule has 0 saturated heterocycles. The number of rotatable bonds is 2. The lowest BCUT2D eigenvalue weighted by atomic mass is 9.70. The summed E-state index contributed by atoms with van der Waals surface area (Å²) in [5.74, 6) is 0. The highest BCUT2D eigenvalue weighted by atomic mass is 32.1. The third-order valence-electron chi connectivity index (χ3n) is 11.7. The summed E-state index contributed by atoms with van der Waals surface area (Å²) in [4.78, 5) is 5.23. The molecule has 1 spiro atoms. The molecule has 2 aromatic heterocycles. The number of hydrogen-bond donors (Lipinski definition) is 0. The molecule has 0 unspecified atom stereocenters. The minimum absolute atomic E-state index is 0.362. The smallest absolute Gasteiger partial charge is 0.0788 e. The summed E-state index contributed by atoms with van der Waals surface area (Å²) in [6.07, 6.45) is 0. The van der Waals surface area contributed by atoms with Crippen LogP contribution in [0.4, 0.5) is 0 Å². The molecule has 1 nitrogen and oxygen atoms in total. The molecule has 0 aliphatic heterocycles. The fraction of sp³-hybridized carbons (Fsp3) is 0.0200. The predicted octanol–water partition coefficient (Wildman–Crippen LogP) is 13.4. The van der Waals surface area contributed by atoms with Gasteiger partial charge in [0.1, 0.15) is 0 Å². The highest BCUT2D eigenvalue weighted by molar-refractivity contribution is 7.27. The first kappa shape index (κ1) is 28.4. The van der Waals surface area contributed by atoms with E-state index in [2.05, 4.69) is 176 Å². The number of nitrogens with zero attached hydrogens (tertiary/aromatic N) is 1. The second-order valence-electron chi connectivity index (χ2n) is 14.1. The van der Waals surface area contributed by atoms with Gasteiger partial charge in [-0.3, -0.25) is 0 Å². The second kappa shape index (κ2) is 10.4. The fourth-order valence-electron chi connectivity index (χ4n) is 9.69. The molecule has 0 N–H and O–H groups in total. The van der Waals surface area contributed by atoms with Gasteiger partial charge in [0.2, 0.25) is 0 Å². The largest absolute Gasteiger partial charge is 0.247 e. The summed E-state index contributed by atoms with van der Waals surface area (Å²) in [5, 5.41) is 6.28. The minimum atomic E-state index is -0.362. The zero-order chi connectivity index (χ0) is 34.0.